The van der Waals surface area contributed by atoms with Gasteiger partial charge in [-0.05, 0) is 59.3 Å². The third-order valence-corrected chi connectivity index (χ3v) is 7.76. The Bertz CT molecular complexity index is 1320. The molecule has 1 saturated heterocycles. The van der Waals surface area contributed by atoms with E-state index < -0.39 is 41.5 Å². The molecule has 0 spiro atoms. The van der Waals surface area contributed by atoms with Crippen LogP contribution in [0.2, 0.25) is 0 Å². The Kier molecular flexibility index (Phi) is 5.51. The summed E-state index contributed by atoms with van der Waals surface area (Å²) < 4.78 is 5.65. The number of primary amides is 1. The number of carbonyl (C=O) groups excluding carboxylic acids is 5. The molecule has 180 valence electrons. The summed E-state index contributed by atoms with van der Waals surface area (Å²) in [6.07, 6.45) is 3.34. The summed E-state index contributed by atoms with van der Waals surface area (Å²) in [6.45, 7) is 2.07. The van der Waals surface area contributed by atoms with E-state index in [-0.39, 0.29) is 46.0 Å². The number of phenols is 1. The number of ether oxygens (including phenoxy) is 1. The lowest BCUT2D eigenvalue weighted by Gasteiger charge is -2.42. The molecular weight excluding hydrogens is 520 g/mol. The molecule has 4 aliphatic rings. The lowest BCUT2D eigenvalue weighted by atomic mass is 9.59. The number of ketones is 2. The molecule has 1 heterocycles. The van der Waals surface area contributed by atoms with E-state index in [4.69, 9.17) is 10.5 Å². The van der Waals surface area contributed by atoms with Crippen molar-refractivity contribution in [2.24, 2.45) is 23.5 Å². The number of likely N-dealkylation sites (tertiary alicyclic amines) is 1. The van der Waals surface area contributed by atoms with Crippen molar-refractivity contribution in [1.29, 1.82) is 0 Å². The summed E-state index contributed by atoms with van der Waals surface area (Å²) in [6, 6.07) is 3.59. The molecule has 3 N–H and O–H groups in total. The molecule has 0 bridgehead atoms. The number of urea groups is 1. The zero-order valence-corrected chi connectivity index (χ0v) is 20.2. The highest BCUT2D eigenvalue weighted by molar-refractivity contribution is 9.12. The number of allylic oxidation sites excluding steroid dienone is 6. The Labute approximate surface area is 208 Å². The van der Waals surface area contributed by atoms with Crippen molar-refractivity contribution in [2.75, 3.05) is 6.61 Å². The number of benzene rings is 1. The zero-order valence-electron chi connectivity index (χ0n) is 18.6. The van der Waals surface area contributed by atoms with Gasteiger partial charge in [0.15, 0.2) is 23.1 Å². The average Bonchev–Trinajstić information content (AvgIpc) is 3.08. The largest absolute Gasteiger partial charge is 0.504 e. The van der Waals surface area contributed by atoms with Crippen molar-refractivity contribution in [1.82, 2.24) is 4.90 Å². The van der Waals surface area contributed by atoms with Crippen molar-refractivity contribution in [2.45, 2.75) is 25.7 Å². The first-order chi connectivity index (χ1) is 16.6. The van der Waals surface area contributed by atoms with Crippen LogP contribution in [0.4, 0.5) is 4.79 Å². The molecule has 3 aliphatic carbocycles. The van der Waals surface area contributed by atoms with Crippen LogP contribution in [0, 0.1) is 17.8 Å². The molecule has 1 fully saturated rings. The van der Waals surface area contributed by atoms with Crippen molar-refractivity contribution >= 4 is 45.3 Å². The van der Waals surface area contributed by atoms with Crippen LogP contribution in [0.3, 0.4) is 0 Å². The summed E-state index contributed by atoms with van der Waals surface area (Å²) in [5, 5.41) is 10.2. The van der Waals surface area contributed by atoms with Crippen molar-refractivity contribution in [3.63, 3.8) is 0 Å². The van der Waals surface area contributed by atoms with E-state index in [2.05, 4.69) is 15.9 Å². The maximum Gasteiger partial charge on any atom is 0.328 e. The maximum absolute atomic E-state index is 13.2. The van der Waals surface area contributed by atoms with Gasteiger partial charge in [-0.25, -0.2) is 4.79 Å². The highest BCUT2D eigenvalue weighted by atomic mass is 79.9. The van der Waals surface area contributed by atoms with E-state index in [0.29, 0.717) is 22.6 Å². The number of phenolic OH excluding ortho intramolecular Hbond substituents is 1. The number of amides is 4. The van der Waals surface area contributed by atoms with E-state index >= 15 is 0 Å². The van der Waals surface area contributed by atoms with Gasteiger partial charge >= 0.3 is 6.03 Å². The Morgan fingerprint density at radius 1 is 1.20 bits per heavy atom. The zero-order chi connectivity index (χ0) is 25.2. The van der Waals surface area contributed by atoms with Gasteiger partial charge in [0, 0.05) is 23.1 Å². The van der Waals surface area contributed by atoms with E-state index in [1.807, 2.05) is 6.08 Å². The number of Topliss-reactive ketones (excluding diaryl/α,β-unsaturated/α-hetero) is 1. The molecule has 0 saturated carbocycles. The smallest absolute Gasteiger partial charge is 0.328 e. The number of imide groups is 3. The van der Waals surface area contributed by atoms with Gasteiger partial charge in [0.1, 0.15) is 0 Å². The second-order valence-electron chi connectivity index (χ2n) is 8.90. The van der Waals surface area contributed by atoms with Crippen LogP contribution in [0.5, 0.6) is 11.5 Å². The van der Waals surface area contributed by atoms with E-state index in [1.54, 1.807) is 19.1 Å². The normalized spacial score (nSPS) is 27.8. The predicted molar refractivity (Wildman–Crippen MR) is 125 cm³/mol. The predicted octanol–water partition coefficient (Wildman–Crippen LogP) is 2.63. The van der Waals surface area contributed by atoms with Crippen molar-refractivity contribution in [3.05, 3.63) is 57.1 Å². The first-order valence-electron chi connectivity index (χ1n) is 11.2. The summed E-state index contributed by atoms with van der Waals surface area (Å²) in [4.78, 5) is 64.6. The van der Waals surface area contributed by atoms with Gasteiger partial charge in [0.05, 0.1) is 22.9 Å². The van der Waals surface area contributed by atoms with Crippen molar-refractivity contribution < 1.29 is 33.8 Å². The first kappa shape index (κ1) is 23.2. The Hall–Kier alpha value is -3.53. The topological polar surface area (TPSA) is 144 Å². The summed E-state index contributed by atoms with van der Waals surface area (Å²) >= 11 is 3.17. The number of rotatable bonds is 3. The number of carbonyl (C=O) groups is 5. The molecule has 4 unspecified atom stereocenters. The van der Waals surface area contributed by atoms with Crippen LogP contribution in [0.15, 0.2) is 51.6 Å². The van der Waals surface area contributed by atoms with Gasteiger partial charge in [-0.1, -0.05) is 17.7 Å². The summed E-state index contributed by atoms with van der Waals surface area (Å²) in [5.74, 6) is -4.79. The van der Waals surface area contributed by atoms with Crippen LogP contribution in [-0.2, 0) is 19.2 Å². The molecule has 5 rings (SSSR count). The van der Waals surface area contributed by atoms with Crippen LogP contribution >= 0.6 is 15.9 Å². The fourth-order valence-electron chi connectivity index (χ4n) is 5.78. The fourth-order valence-corrected chi connectivity index (χ4v) is 6.23. The number of fused-ring (bicyclic) bond motifs is 3. The number of aromatic hydroxyl groups is 1. The van der Waals surface area contributed by atoms with Gasteiger partial charge in [0.25, 0.3) is 0 Å². The van der Waals surface area contributed by atoms with Crippen LogP contribution in [-0.4, -0.2) is 46.0 Å². The number of hydrogen-bond donors (Lipinski definition) is 2. The van der Waals surface area contributed by atoms with Crippen LogP contribution in [0.25, 0.3) is 0 Å². The highest BCUT2D eigenvalue weighted by Gasteiger charge is 2.57. The molecule has 1 aliphatic heterocycles. The standard InChI is InChI=1S/C25H21BrN2O7/c1-2-35-18-7-10(3-6-16(18)29)19-11-4-5-12-20(24(33)28(23(12)32)25(27)34)13(11)8-14-21(19)17(30)9-15(26)22(14)31/h3-4,6-7,9,12-13,19-20,29H,2,5,8H2,1H3,(H2,27,34). The lowest BCUT2D eigenvalue weighted by molar-refractivity contribution is -0.136. The minimum absolute atomic E-state index is 0.0720. The lowest BCUT2D eigenvalue weighted by Crippen LogP contribution is -2.42. The van der Waals surface area contributed by atoms with E-state index in [1.165, 1.54) is 12.1 Å². The molecule has 0 radical (unpaired) electrons. The molecule has 1 aromatic rings. The van der Waals surface area contributed by atoms with Gasteiger partial charge in [-0.3, -0.25) is 19.2 Å². The molecule has 1 aromatic carbocycles. The van der Waals surface area contributed by atoms with Crippen LogP contribution in [0.1, 0.15) is 31.2 Å². The minimum Gasteiger partial charge on any atom is -0.504 e. The van der Waals surface area contributed by atoms with E-state index in [9.17, 15) is 29.1 Å². The first-order valence-corrected chi connectivity index (χ1v) is 12.0. The highest BCUT2D eigenvalue weighted by Crippen LogP contribution is 2.55. The molecular formula is C25H21BrN2O7. The van der Waals surface area contributed by atoms with Crippen LogP contribution < -0.4 is 10.5 Å². The fraction of sp³-hybridized carbons (Fsp3) is 0.320. The molecule has 4 amide bonds. The van der Waals surface area contributed by atoms with Gasteiger partial charge in [-0.15, -0.1) is 0 Å². The number of nitrogens with zero attached hydrogens (tertiary/aromatic N) is 1. The second kappa shape index (κ2) is 8.30. The summed E-state index contributed by atoms with van der Waals surface area (Å²) in [5.41, 5.74) is 7.20. The Morgan fingerprint density at radius 2 is 1.94 bits per heavy atom. The molecule has 10 heteroatoms. The molecule has 4 atom stereocenters. The summed E-state index contributed by atoms with van der Waals surface area (Å²) in [7, 11) is 0. The Balaban J connectivity index is 1.69. The SMILES string of the molecule is CCOc1cc(C2C3=CCC4C(=O)N(C(N)=O)C(=O)C4C3CC3=C2C(=O)C=C(Br)C3=O)ccc1O. The Morgan fingerprint density at radius 3 is 2.63 bits per heavy atom. The monoisotopic (exact) mass is 540 g/mol. The number of nitrogens with two attached hydrogens (primary N) is 1. The third-order valence-electron chi connectivity index (χ3n) is 7.17. The average molecular weight is 541 g/mol. The van der Waals surface area contributed by atoms with Crippen molar-refractivity contribution in [3.8, 4) is 11.5 Å². The molecule has 35 heavy (non-hydrogen) atoms. The van der Waals surface area contributed by atoms with Gasteiger partial charge in [-0.2, -0.15) is 4.90 Å². The quantitative estimate of drug-likeness (QED) is 0.340. The second-order valence-corrected chi connectivity index (χ2v) is 9.76. The maximum atomic E-state index is 13.2. The number of halogens is 1. The third kappa shape index (κ3) is 3.38. The van der Waals surface area contributed by atoms with Gasteiger partial charge < -0.3 is 15.6 Å². The van der Waals surface area contributed by atoms with E-state index in [0.717, 1.165) is 5.57 Å². The minimum atomic E-state index is -1.13. The number of hydrogen-bond acceptors (Lipinski definition) is 7. The molecule has 0 aromatic heterocycles. The van der Waals surface area contributed by atoms with Gasteiger partial charge in [0.2, 0.25) is 11.8 Å². The molecule has 9 nitrogen and oxygen atoms in total.